The molecular formula is C21H21Cl2N3O3. The first-order chi connectivity index (χ1) is 13.8. The van der Waals surface area contributed by atoms with Crippen LogP contribution in [0.3, 0.4) is 0 Å². The number of carbonyl (C=O) groups is 2. The Morgan fingerprint density at radius 2 is 2.07 bits per heavy atom. The number of nitrogens with zero attached hydrogens (tertiary/aromatic N) is 2. The smallest absolute Gasteiger partial charge is 0.257 e. The van der Waals surface area contributed by atoms with E-state index in [0.717, 1.165) is 12.8 Å². The minimum Gasteiger partial charge on any atom is -0.392 e. The molecule has 2 atom stereocenters. The summed E-state index contributed by atoms with van der Waals surface area (Å²) in [6, 6.07) is 4.82. The van der Waals surface area contributed by atoms with Crippen LogP contribution in [-0.4, -0.2) is 32.8 Å². The summed E-state index contributed by atoms with van der Waals surface area (Å²) in [5.74, 6) is -0.937. The van der Waals surface area contributed by atoms with Gasteiger partial charge in [-0.3, -0.25) is 14.6 Å². The number of pyridine rings is 1. The van der Waals surface area contributed by atoms with Gasteiger partial charge in [-0.15, -0.1) is 0 Å². The zero-order valence-electron chi connectivity index (χ0n) is 15.9. The molecule has 0 radical (unpaired) electrons. The Morgan fingerprint density at radius 1 is 1.31 bits per heavy atom. The minimum absolute atomic E-state index is 0.207. The van der Waals surface area contributed by atoms with Crippen molar-refractivity contribution in [1.82, 2.24) is 9.88 Å². The summed E-state index contributed by atoms with van der Waals surface area (Å²) in [7, 11) is 0. The predicted octanol–water partition coefficient (Wildman–Crippen LogP) is 3.47. The molecule has 2 heterocycles. The van der Waals surface area contributed by atoms with Crippen LogP contribution in [0.5, 0.6) is 0 Å². The largest absolute Gasteiger partial charge is 0.392 e. The molecule has 2 aromatic rings. The molecule has 4 rings (SSSR count). The molecular weight excluding hydrogens is 413 g/mol. The summed E-state index contributed by atoms with van der Waals surface area (Å²) in [5, 5.41) is 10.9. The number of amides is 2. The third kappa shape index (κ3) is 3.29. The normalized spacial score (nSPS) is 21.0. The van der Waals surface area contributed by atoms with Crippen LogP contribution in [0.15, 0.2) is 18.2 Å². The lowest BCUT2D eigenvalue weighted by atomic mass is 9.93. The Bertz CT molecular complexity index is 1020. The van der Waals surface area contributed by atoms with Crippen LogP contribution in [0.4, 0.5) is 0 Å². The molecule has 0 spiro atoms. The highest BCUT2D eigenvalue weighted by Crippen LogP contribution is 2.42. The van der Waals surface area contributed by atoms with E-state index in [9.17, 15) is 14.7 Å². The first-order valence-corrected chi connectivity index (χ1v) is 10.3. The number of hydrogen-bond acceptors (Lipinski definition) is 4. The number of nitrogens with two attached hydrogens (primary N) is 1. The number of primary amides is 1. The van der Waals surface area contributed by atoms with E-state index in [1.54, 1.807) is 30.0 Å². The second-order valence-corrected chi connectivity index (χ2v) is 8.44. The SMILES string of the molecule is Cc1nc2c(c(-c3ccc(Cl)cc3Cl)c1CO)C(=O)N(C1CCCC1C(N)=O)C2. The van der Waals surface area contributed by atoms with Gasteiger partial charge >= 0.3 is 0 Å². The molecule has 1 aliphatic heterocycles. The van der Waals surface area contributed by atoms with Gasteiger partial charge in [-0.25, -0.2) is 0 Å². The number of benzene rings is 1. The van der Waals surface area contributed by atoms with Gasteiger partial charge in [0.15, 0.2) is 0 Å². The molecule has 1 aliphatic carbocycles. The zero-order valence-corrected chi connectivity index (χ0v) is 17.4. The van der Waals surface area contributed by atoms with Crippen LogP contribution >= 0.6 is 23.2 Å². The Balaban J connectivity index is 1.87. The van der Waals surface area contributed by atoms with Gasteiger partial charge in [0, 0.05) is 38.5 Å². The van der Waals surface area contributed by atoms with Crippen LogP contribution in [0.2, 0.25) is 10.0 Å². The molecule has 6 nitrogen and oxygen atoms in total. The van der Waals surface area contributed by atoms with Crippen molar-refractivity contribution in [3.8, 4) is 11.1 Å². The molecule has 1 aromatic heterocycles. The molecule has 1 saturated carbocycles. The summed E-state index contributed by atoms with van der Waals surface area (Å²) in [6.45, 7) is 1.84. The van der Waals surface area contributed by atoms with Crippen molar-refractivity contribution in [2.45, 2.75) is 45.4 Å². The lowest BCUT2D eigenvalue weighted by Crippen LogP contribution is -2.42. The summed E-state index contributed by atoms with van der Waals surface area (Å²) in [4.78, 5) is 31.7. The van der Waals surface area contributed by atoms with Crippen molar-refractivity contribution in [2.75, 3.05) is 0 Å². The van der Waals surface area contributed by atoms with Gasteiger partial charge in [0.05, 0.1) is 30.3 Å². The van der Waals surface area contributed by atoms with E-state index < -0.39 is 0 Å². The maximum atomic E-state index is 13.5. The Morgan fingerprint density at radius 3 is 2.72 bits per heavy atom. The van der Waals surface area contributed by atoms with Crippen LogP contribution in [-0.2, 0) is 17.9 Å². The quantitative estimate of drug-likeness (QED) is 0.770. The number of aliphatic hydroxyl groups excluding tert-OH is 1. The average Bonchev–Trinajstić information content (AvgIpc) is 3.26. The summed E-state index contributed by atoms with van der Waals surface area (Å²) in [6.07, 6.45) is 2.27. The molecule has 8 heteroatoms. The van der Waals surface area contributed by atoms with E-state index in [-0.39, 0.29) is 30.4 Å². The molecule has 0 saturated heterocycles. The second kappa shape index (κ2) is 7.59. The summed E-state index contributed by atoms with van der Waals surface area (Å²) < 4.78 is 0. The standard InChI is InChI=1S/C21H21Cl2N3O3/c1-10-14(9-27)18(12-6-5-11(22)7-15(12)23)19-16(25-10)8-26(21(19)29)17-4-2-3-13(17)20(24)28/h5-7,13,17,27H,2-4,8-9H2,1H3,(H2,24,28). The number of halogens is 2. The van der Waals surface area contributed by atoms with Gasteiger partial charge in [0.1, 0.15) is 0 Å². The fourth-order valence-corrected chi connectivity index (χ4v) is 5.12. The highest BCUT2D eigenvalue weighted by atomic mass is 35.5. The lowest BCUT2D eigenvalue weighted by molar-refractivity contribution is -0.122. The van der Waals surface area contributed by atoms with Crippen LogP contribution in [0.25, 0.3) is 11.1 Å². The first kappa shape index (κ1) is 20.1. The van der Waals surface area contributed by atoms with Gasteiger partial charge in [-0.2, -0.15) is 0 Å². The highest BCUT2D eigenvalue weighted by Gasteiger charge is 2.43. The average molecular weight is 434 g/mol. The maximum absolute atomic E-state index is 13.5. The molecule has 29 heavy (non-hydrogen) atoms. The molecule has 2 amide bonds. The Hall–Kier alpha value is -2.15. The van der Waals surface area contributed by atoms with Gasteiger partial charge in [-0.1, -0.05) is 35.7 Å². The lowest BCUT2D eigenvalue weighted by Gasteiger charge is -2.27. The number of hydrogen-bond donors (Lipinski definition) is 2. The van der Waals surface area contributed by atoms with Crippen LogP contribution in [0.1, 0.15) is 46.6 Å². The minimum atomic E-state index is -0.377. The first-order valence-electron chi connectivity index (χ1n) is 9.52. The van der Waals surface area contributed by atoms with E-state index in [1.165, 1.54) is 0 Å². The number of aryl methyl sites for hydroxylation is 1. The van der Waals surface area contributed by atoms with Gasteiger partial charge in [0.25, 0.3) is 5.91 Å². The number of rotatable bonds is 4. The van der Waals surface area contributed by atoms with Crippen molar-refractivity contribution in [2.24, 2.45) is 11.7 Å². The fraction of sp³-hybridized carbons (Fsp3) is 0.381. The monoisotopic (exact) mass is 433 g/mol. The molecule has 1 aromatic carbocycles. The number of aromatic nitrogens is 1. The van der Waals surface area contributed by atoms with E-state index in [1.807, 2.05) is 0 Å². The van der Waals surface area contributed by atoms with Crippen LogP contribution < -0.4 is 5.73 Å². The Labute approximate surface area is 178 Å². The third-order valence-corrected chi connectivity index (χ3v) is 6.53. The molecule has 1 fully saturated rings. The summed E-state index contributed by atoms with van der Waals surface area (Å²) >= 11 is 12.5. The summed E-state index contributed by atoms with van der Waals surface area (Å²) in [5.41, 5.74) is 9.03. The predicted molar refractivity (Wildman–Crippen MR) is 111 cm³/mol. The zero-order chi connectivity index (χ0) is 20.9. The highest BCUT2D eigenvalue weighted by molar-refractivity contribution is 6.36. The van der Waals surface area contributed by atoms with Crippen molar-refractivity contribution in [3.63, 3.8) is 0 Å². The number of fused-ring (bicyclic) bond motifs is 1. The second-order valence-electron chi connectivity index (χ2n) is 7.59. The molecule has 0 bridgehead atoms. The molecule has 2 unspecified atom stereocenters. The van der Waals surface area contributed by atoms with Crippen LogP contribution in [0, 0.1) is 12.8 Å². The molecule has 2 aliphatic rings. The van der Waals surface area contributed by atoms with Crippen molar-refractivity contribution in [1.29, 1.82) is 0 Å². The fourth-order valence-electron chi connectivity index (χ4n) is 4.62. The van der Waals surface area contributed by atoms with Gasteiger partial charge in [0.2, 0.25) is 5.91 Å². The third-order valence-electron chi connectivity index (χ3n) is 5.98. The topological polar surface area (TPSA) is 96.5 Å². The van der Waals surface area contributed by atoms with Gasteiger partial charge < -0.3 is 15.7 Å². The molecule has 3 N–H and O–H groups in total. The molecule has 152 valence electrons. The van der Waals surface area contributed by atoms with E-state index in [0.29, 0.717) is 56.7 Å². The van der Waals surface area contributed by atoms with Gasteiger partial charge in [-0.05, 0) is 31.9 Å². The van der Waals surface area contributed by atoms with E-state index in [2.05, 4.69) is 4.98 Å². The number of aliphatic hydroxyl groups is 1. The van der Waals surface area contributed by atoms with Crippen molar-refractivity contribution in [3.05, 3.63) is 50.8 Å². The van der Waals surface area contributed by atoms with Crippen molar-refractivity contribution < 1.29 is 14.7 Å². The number of carbonyl (C=O) groups excluding carboxylic acids is 2. The van der Waals surface area contributed by atoms with E-state index in [4.69, 9.17) is 28.9 Å². The van der Waals surface area contributed by atoms with Crippen molar-refractivity contribution >= 4 is 35.0 Å². The van der Waals surface area contributed by atoms with E-state index >= 15 is 0 Å². The maximum Gasteiger partial charge on any atom is 0.257 e. The Kier molecular flexibility index (Phi) is 5.27.